The molecule has 0 saturated carbocycles. The minimum absolute atomic E-state index is 0.358. The molecule has 0 unspecified atom stereocenters. The van der Waals surface area contributed by atoms with Crippen LogP contribution in [0.2, 0.25) is 5.02 Å². The van der Waals surface area contributed by atoms with Crippen molar-refractivity contribution < 1.29 is 9.84 Å². The normalized spacial score (nSPS) is 16.1. The largest absolute Gasteiger partial charge is 0.495 e. The molecule has 0 amide bonds. The summed E-state index contributed by atoms with van der Waals surface area (Å²) in [5.41, 5.74) is 1.52. The van der Waals surface area contributed by atoms with Crippen LogP contribution in [0.4, 0.5) is 11.6 Å². The van der Waals surface area contributed by atoms with Gasteiger partial charge in [-0.3, -0.25) is 0 Å². The first kappa shape index (κ1) is 19.2. The number of aliphatic hydroxyl groups is 1. The lowest BCUT2D eigenvalue weighted by Gasteiger charge is -2.19. The molecule has 8 heteroatoms. The fourth-order valence-corrected chi connectivity index (χ4v) is 3.79. The van der Waals surface area contributed by atoms with Gasteiger partial charge in [-0.1, -0.05) is 17.7 Å². The summed E-state index contributed by atoms with van der Waals surface area (Å²) in [5, 5.41) is 33.5. The van der Waals surface area contributed by atoms with Gasteiger partial charge >= 0.3 is 0 Å². The number of fused-ring (bicyclic) bond motifs is 1. The summed E-state index contributed by atoms with van der Waals surface area (Å²) in [6.07, 6.45) is 0.348. The smallest absolute Gasteiger partial charge is 0.159 e. The maximum atomic E-state index is 9.87. The van der Waals surface area contributed by atoms with E-state index in [2.05, 4.69) is 21.6 Å². The van der Waals surface area contributed by atoms with Crippen molar-refractivity contribution in [2.75, 3.05) is 30.4 Å². The molecule has 4 rings (SSSR count). The van der Waals surface area contributed by atoms with Crippen molar-refractivity contribution in [3.05, 3.63) is 52.5 Å². The molecule has 2 heterocycles. The van der Waals surface area contributed by atoms with Crippen LogP contribution >= 0.6 is 11.6 Å². The van der Waals surface area contributed by atoms with Crippen molar-refractivity contribution >= 4 is 34.0 Å². The zero-order valence-corrected chi connectivity index (χ0v) is 16.6. The minimum Gasteiger partial charge on any atom is -0.495 e. The molecule has 148 valence electrons. The highest BCUT2D eigenvalue weighted by molar-refractivity contribution is 6.32. The molecule has 2 N–H and O–H groups in total. The van der Waals surface area contributed by atoms with Crippen molar-refractivity contribution in [2.24, 2.45) is 0 Å². The first-order chi connectivity index (χ1) is 14.1. The topological polar surface area (TPSA) is 94.3 Å². The summed E-state index contributed by atoms with van der Waals surface area (Å²) in [6, 6.07) is 13.2. The molecule has 1 atom stereocenters. The van der Waals surface area contributed by atoms with Gasteiger partial charge in [-0.25, -0.2) is 0 Å². The molecule has 0 radical (unpaired) electrons. The highest BCUT2D eigenvalue weighted by atomic mass is 35.5. The van der Waals surface area contributed by atoms with Crippen LogP contribution in [0.15, 0.2) is 36.4 Å². The molecule has 1 aliphatic rings. The Kier molecular flexibility index (Phi) is 5.38. The number of ether oxygens (including phenoxy) is 1. The van der Waals surface area contributed by atoms with Crippen LogP contribution in [0.1, 0.15) is 17.5 Å². The van der Waals surface area contributed by atoms with Crippen LogP contribution in [0.25, 0.3) is 10.8 Å². The third-order valence-corrected chi connectivity index (χ3v) is 5.32. The van der Waals surface area contributed by atoms with Crippen molar-refractivity contribution in [1.82, 2.24) is 10.2 Å². The second-order valence-corrected chi connectivity index (χ2v) is 7.36. The average molecular weight is 410 g/mol. The third kappa shape index (κ3) is 3.90. The van der Waals surface area contributed by atoms with Crippen molar-refractivity contribution in [3.63, 3.8) is 0 Å². The third-order valence-electron chi connectivity index (χ3n) is 5.03. The standard InChI is InChI=1S/C21H20ClN5O2/c1-29-19-5-3-14(9-18(19)22)11-24-20-17-8-13(10-23)2-4-16(17)21(26-25-20)27-7-6-15(28)12-27/h2-5,8-9,15,28H,6-7,11-12H2,1H3,(H,24,25)/t15-/m0/s1. The number of halogens is 1. The molecule has 1 aliphatic heterocycles. The van der Waals surface area contributed by atoms with E-state index in [4.69, 9.17) is 16.3 Å². The van der Waals surface area contributed by atoms with E-state index >= 15 is 0 Å². The lowest BCUT2D eigenvalue weighted by molar-refractivity contribution is 0.198. The molecule has 3 aromatic rings. The molecular weight excluding hydrogens is 390 g/mol. The molecule has 0 spiro atoms. The number of β-amino-alcohol motifs (C(OH)–C–C–N with tert-alkyl or cyclic N) is 1. The summed E-state index contributed by atoms with van der Waals surface area (Å²) >= 11 is 6.21. The molecule has 0 aliphatic carbocycles. The Hall–Kier alpha value is -3.08. The maximum absolute atomic E-state index is 9.87. The van der Waals surface area contributed by atoms with E-state index in [1.807, 2.05) is 35.2 Å². The van der Waals surface area contributed by atoms with Gasteiger partial charge in [0.1, 0.15) is 5.75 Å². The van der Waals surface area contributed by atoms with Crippen molar-refractivity contribution in [1.29, 1.82) is 5.26 Å². The van der Waals surface area contributed by atoms with Gasteiger partial charge in [-0.05, 0) is 42.3 Å². The highest BCUT2D eigenvalue weighted by Gasteiger charge is 2.24. The molecule has 0 bridgehead atoms. The van der Waals surface area contributed by atoms with Gasteiger partial charge in [0.05, 0.1) is 29.9 Å². The van der Waals surface area contributed by atoms with Crippen LogP contribution in [0.5, 0.6) is 5.75 Å². The predicted molar refractivity (Wildman–Crippen MR) is 112 cm³/mol. The Morgan fingerprint density at radius 3 is 2.83 bits per heavy atom. The lowest BCUT2D eigenvalue weighted by atomic mass is 10.1. The Bertz CT molecular complexity index is 1100. The predicted octanol–water partition coefficient (Wildman–Crippen LogP) is 3.35. The van der Waals surface area contributed by atoms with Crippen LogP contribution in [-0.4, -0.2) is 41.6 Å². The number of rotatable bonds is 5. The number of nitrogens with one attached hydrogen (secondary N) is 1. The molecule has 1 fully saturated rings. The van der Waals surface area contributed by atoms with Crippen LogP contribution in [0.3, 0.4) is 0 Å². The summed E-state index contributed by atoms with van der Waals surface area (Å²) in [6.45, 7) is 1.75. The second kappa shape index (κ2) is 8.11. The number of benzene rings is 2. The zero-order valence-electron chi connectivity index (χ0n) is 15.9. The summed E-state index contributed by atoms with van der Waals surface area (Å²) < 4.78 is 5.19. The summed E-state index contributed by atoms with van der Waals surface area (Å²) in [7, 11) is 1.58. The number of hydrogen-bond acceptors (Lipinski definition) is 7. The monoisotopic (exact) mass is 409 g/mol. The van der Waals surface area contributed by atoms with Crippen LogP contribution < -0.4 is 15.0 Å². The number of nitriles is 1. The van der Waals surface area contributed by atoms with Crippen molar-refractivity contribution in [2.45, 2.75) is 19.1 Å². The average Bonchev–Trinajstić information content (AvgIpc) is 3.17. The molecule has 7 nitrogen and oxygen atoms in total. The van der Waals surface area contributed by atoms with Gasteiger partial charge < -0.3 is 20.1 Å². The Balaban J connectivity index is 1.67. The van der Waals surface area contributed by atoms with E-state index in [-0.39, 0.29) is 6.10 Å². The quantitative estimate of drug-likeness (QED) is 0.667. The van der Waals surface area contributed by atoms with Gasteiger partial charge in [-0.2, -0.15) is 5.26 Å². The fourth-order valence-electron chi connectivity index (χ4n) is 3.51. The van der Waals surface area contributed by atoms with Crippen LogP contribution in [0, 0.1) is 11.3 Å². The number of methoxy groups -OCH3 is 1. The Morgan fingerprint density at radius 1 is 1.28 bits per heavy atom. The zero-order chi connectivity index (χ0) is 20.4. The van der Waals surface area contributed by atoms with E-state index in [0.717, 1.165) is 28.7 Å². The van der Waals surface area contributed by atoms with Crippen molar-refractivity contribution in [3.8, 4) is 11.8 Å². The van der Waals surface area contributed by atoms with Gasteiger partial charge in [-0.15, -0.1) is 10.2 Å². The molecule has 2 aromatic carbocycles. The Labute approximate surface area is 173 Å². The SMILES string of the molecule is COc1ccc(CNc2nnc(N3CC[C@H](O)C3)c3ccc(C#N)cc23)cc1Cl. The van der Waals surface area contributed by atoms with E-state index in [0.29, 0.717) is 41.7 Å². The van der Waals surface area contributed by atoms with Crippen LogP contribution in [-0.2, 0) is 6.54 Å². The van der Waals surface area contributed by atoms with Gasteiger partial charge in [0.25, 0.3) is 0 Å². The Morgan fingerprint density at radius 2 is 2.14 bits per heavy atom. The van der Waals surface area contributed by atoms with E-state index in [1.54, 1.807) is 13.2 Å². The molecule has 29 heavy (non-hydrogen) atoms. The lowest BCUT2D eigenvalue weighted by Crippen LogP contribution is -2.23. The van der Waals surface area contributed by atoms with Gasteiger partial charge in [0, 0.05) is 30.4 Å². The molecule has 1 aromatic heterocycles. The number of nitrogens with zero attached hydrogens (tertiary/aromatic N) is 4. The first-order valence-corrected chi connectivity index (χ1v) is 9.66. The number of aromatic nitrogens is 2. The van der Waals surface area contributed by atoms with E-state index < -0.39 is 0 Å². The van der Waals surface area contributed by atoms with E-state index in [9.17, 15) is 10.4 Å². The van der Waals surface area contributed by atoms with Gasteiger partial charge in [0.15, 0.2) is 11.6 Å². The second-order valence-electron chi connectivity index (χ2n) is 6.96. The number of anilines is 2. The summed E-state index contributed by atoms with van der Waals surface area (Å²) in [4.78, 5) is 2.03. The van der Waals surface area contributed by atoms with E-state index in [1.165, 1.54) is 0 Å². The number of hydrogen-bond donors (Lipinski definition) is 2. The number of aliphatic hydroxyl groups excluding tert-OH is 1. The highest BCUT2D eigenvalue weighted by Crippen LogP contribution is 2.32. The van der Waals surface area contributed by atoms with Gasteiger partial charge in [0.2, 0.25) is 0 Å². The molecular formula is C21H20ClN5O2. The summed E-state index contributed by atoms with van der Waals surface area (Å²) in [5.74, 6) is 1.93. The maximum Gasteiger partial charge on any atom is 0.159 e. The minimum atomic E-state index is -0.358. The fraction of sp³-hybridized carbons (Fsp3) is 0.286. The molecule has 1 saturated heterocycles. The first-order valence-electron chi connectivity index (χ1n) is 9.29.